The Morgan fingerprint density at radius 3 is 2.12 bits per heavy atom. The van der Waals surface area contributed by atoms with Gasteiger partial charge in [0.05, 0.1) is 16.9 Å². The zero-order valence-corrected chi connectivity index (χ0v) is 17.2. The van der Waals surface area contributed by atoms with Crippen LogP contribution in [-0.4, -0.2) is 27.6 Å². The topological polar surface area (TPSA) is 113 Å². The van der Waals surface area contributed by atoms with Crippen LogP contribution in [0.25, 0.3) is 0 Å². The molecule has 0 heterocycles. The molecule has 0 aliphatic heterocycles. The second kappa shape index (κ2) is 11.6. The van der Waals surface area contributed by atoms with Crippen molar-refractivity contribution in [3.63, 3.8) is 0 Å². The molecular formula is C13H12NNaO6S3. The van der Waals surface area contributed by atoms with Crippen molar-refractivity contribution in [3.05, 3.63) is 48.5 Å². The Balaban J connectivity index is 0.00000123. The maximum absolute atomic E-state index is 11.0. The van der Waals surface area contributed by atoms with Crippen LogP contribution >= 0.6 is 12.0 Å². The predicted molar refractivity (Wildman–Crippen MR) is 87.2 cm³/mol. The standard InChI is InChI=1S/C13H13NO4S2.Na.O2S/c1-19-18-12-7-5-10(6-8-12)14-11-3-2-4-13(9-11)20(15,16)17;;1-3-2/h2-9,14H,1H3,(H,15,16,17);;/q;+1;/p-1. The van der Waals surface area contributed by atoms with Crippen molar-refractivity contribution in [2.24, 2.45) is 0 Å². The van der Waals surface area contributed by atoms with Crippen LogP contribution in [0, 0.1) is 0 Å². The van der Waals surface area contributed by atoms with E-state index >= 15 is 0 Å². The molecule has 2 aromatic rings. The summed E-state index contributed by atoms with van der Waals surface area (Å²) < 4.78 is 54.7. The van der Waals surface area contributed by atoms with E-state index in [9.17, 15) is 13.0 Å². The monoisotopic (exact) mass is 397 g/mol. The number of rotatable bonds is 5. The maximum Gasteiger partial charge on any atom is 1.00 e. The first kappa shape index (κ1) is 23.1. The molecular weight excluding hydrogens is 385 g/mol. The Kier molecular flexibility index (Phi) is 11.2. The summed E-state index contributed by atoms with van der Waals surface area (Å²) >= 11 is 0.497. The molecule has 0 spiro atoms. The Labute approximate surface area is 170 Å². The third kappa shape index (κ3) is 8.29. The first-order valence-corrected chi connectivity index (χ1v) is 9.18. The molecule has 0 amide bonds. The van der Waals surface area contributed by atoms with Crippen LogP contribution in [0.4, 0.5) is 11.4 Å². The van der Waals surface area contributed by atoms with E-state index in [0.29, 0.717) is 5.69 Å². The molecule has 0 radical (unpaired) electrons. The van der Waals surface area contributed by atoms with Gasteiger partial charge in [0.1, 0.15) is 15.9 Å². The molecule has 0 aliphatic carbocycles. The minimum atomic E-state index is -4.44. The van der Waals surface area contributed by atoms with Gasteiger partial charge in [0.25, 0.3) is 0 Å². The number of hydrogen-bond acceptors (Lipinski definition) is 8. The van der Waals surface area contributed by atoms with Gasteiger partial charge in [-0.25, -0.2) is 8.42 Å². The number of anilines is 2. The second-order valence-corrected chi connectivity index (χ2v) is 5.97. The molecule has 11 heteroatoms. The van der Waals surface area contributed by atoms with E-state index in [4.69, 9.17) is 12.6 Å². The summed E-state index contributed by atoms with van der Waals surface area (Å²) in [4.78, 5) is -0.259. The van der Waals surface area contributed by atoms with Gasteiger partial charge in [-0.05, 0) is 42.5 Å². The van der Waals surface area contributed by atoms with Crippen LogP contribution in [0.5, 0.6) is 5.75 Å². The van der Waals surface area contributed by atoms with Crippen LogP contribution in [0.3, 0.4) is 0 Å². The third-order valence-electron chi connectivity index (χ3n) is 2.45. The molecule has 124 valence electrons. The Hall–Kier alpha value is -0.880. The molecule has 7 nitrogen and oxygen atoms in total. The summed E-state index contributed by atoms with van der Waals surface area (Å²) in [5.74, 6) is 0.721. The van der Waals surface area contributed by atoms with Crippen LogP contribution in [0.1, 0.15) is 0 Å². The van der Waals surface area contributed by atoms with Gasteiger partial charge in [-0.1, -0.05) is 6.07 Å². The number of benzene rings is 2. The van der Waals surface area contributed by atoms with Gasteiger partial charge in [0, 0.05) is 17.6 Å². The summed E-state index contributed by atoms with van der Waals surface area (Å²) in [5.41, 5.74) is 1.29. The van der Waals surface area contributed by atoms with E-state index < -0.39 is 21.7 Å². The van der Waals surface area contributed by atoms with Crippen molar-refractivity contribution in [3.8, 4) is 5.75 Å². The second-order valence-electron chi connectivity index (χ2n) is 3.95. The molecule has 0 bridgehead atoms. The Bertz CT molecular complexity index is 777. The maximum atomic E-state index is 11.0. The van der Waals surface area contributed by atoms with Gasteiger partial charge < -0.3 is 14.1 Å². The first-order valence-electron chi connectivity index (χ1n) is 5.96. The minimum absolute atomic E-state index is 0. The van der Waals surface area contributed by atoms with Crippen molar-refractivity contribution in [2.75, 3.05) is 11.6 Å². The quantitative estimate of drug-likeness (QED) is 0.401. The smallest absolute Gasteiger partial charge is 0.744 e. The average Bonchev–Trinajstić information content (AvgIpc) is 2.50. The molecule has 1 N–H and O–H groups in total. The van der Waals surface area contributed by atoms with Gasteiger partial charge in [0.15, 0.2) is 0 Å². The van der Waals surface area contributed by atoms with Gasteiger partial charge in [0.2, 0.25) is 0 Å². The molecule has 0 unspecified atom stereocenters. The molecule has 24 heavy (non-hydrogen) atoms. The van der Waals surface area contributed by atoms with Crippen molar-refractivity contribution < 1.29 is 55.1 Å². The largest absolute Gasteiger partial charge is 1.00 e. The van der Waals surface area contributed by atoms with Gasteiger partial charge in [-0.15, -0.1) is 0 Å². The zero-order chi connectivity index (χ0) is 17.3. The van der Waals surface area contributed by atoms with E-state index in [0.717, 1.165) is 11.4 Å². The predicted octanol–water partition coefficient (Wildman–Crippen LogP) is -0.675. The molecule has 0 aromatic heterocycles. The summed E-state index contributed by atoms with van der Waals surface area (Å²) in [6.07, 6.45) is 1.82. The van der Waals surface area contributed by atoms with Crippen molar-refractivity contribution in [1.29, 1.82) is 0 Å². The summed E-state index contributed by atoms with van der Waals surface area (Å²) in [6, 6.07) is 12.9. The van der Waals surface area contributed by atoms with E-state index in [1.165, 1.54) is 30.2 Å². The summed E-state index contributed by atoms with van der Waals surface area (Å²) in [5, 5.41) is 3.02. The van der Waals surface area contributed by atoms with Gasteiger partial charge in [-0.2, -0.15) is 8.42 Å². The van der Waals surface area contributed by atoms with Crippen LogP contribution in [0.2, 0.25) is 0 Å². The fraction of sp³-hybridized carbons (Fsp3) is 0.0769. The minimum Gasteiger partial charge on any atom is -0.744 e. The van der Waals surface area contributed by atoms with Gasteiger partial charge >= 0.3 is 41.1 Å². The van der Waals surface area contributed by atoms with Crippen molar-refractivity contribution in [2.45, 2.75) is 4.90 Å². The zero-order valence-electron chi connectivity index (χ0n) is 12.8. The Morgan fingerprint density at radius 1 is 1.04 bits per heavy atom. The fourth-order valence-electron chi connectivity index (χ4n) is 1.59. The summed E-state index contributed by atoms with van der Waals surface area (Å²) in [7, 11) is -4.44. The average molecular weight is 397 g/mol. The molecule has 0 saturated carbocycles. The van der Waals surface area contributed by atoms with Crippen molar-refractivity contribution in [1.82, 2.24) is 0 Å². The van der Waals surface area contributed by atoms with E-state index in [1.807, 2.05) is 6.26 Å². The van der Waals surface area contributed by atoms with E-state index in [2.05, 4.69) is 5.32 Å². The normalized spacial score (nSPS) is 9.75. The van der Waals surface area contributed by atoms with Crippen LogP contribution in [-0.2, 0) is 21.7 Å². The summed E-state index contributed by atoms with van der Waals surface area (Å²) in [6.45, 7) is 0. The van der Waals surface area contributed by atoms with Crippen LogP contribution in [0.15, 0.2) is 53.4 Å². The molecule has 0 fully saturated rings. The third-order valence-corrected chi connectivity index (χ3v) is 3.64. The molecule has 2 rings (SSSR count). The molecule has 0 aliphatic rings. The van der Waals surface area contributed by atoms with Gasteiger partial charge in [-0.3, -0.25) is 0 Å². The van der Waals surface area contributed by atoms with Crippen molar-refractivity contribution >= 4 is 45.1 Å². The molecule has 0 saturated heterocycles. The van der Waals surface area contributed by atoms with E-state index in [1.54, 1.807) is 30.3 Å². The fourth-order valence-corrected chi connectivity index (χ4v) is 2.41. The first-order chi connectivity index (χ1) is 10.9. The van der Waals surface area contributed by atoms with Crippen LogP contribution < -0.4 is 39.1 Å². The SMILES string of the molecule is CSOc1ccc(Nc2cccc(S(=O)(=O)[O-])c2)cc1.O=S=O.[Na+]. The number of nitrogens with one attached hydrogen (secondary N) is 1. The van der Waals surface area contributed by atoms with E-state index in [-0.39, 0.29) is 34.5 Å². The number of hydrogen-bond donors (Lipinski definition) is 1. The Morgan fingerprint density at radius 2 is 1.62 bits per heavy atom. The molecule has 0 atom stereocenters. The molecule has 2 aromatic carbocycles.